The molecule has 0 atom stereocenters. The normalized spacial score (nSPS) is 10.6. The van der Waals surface area contributed by atoms with Crippen LogP contribution in [-0.4, -0.2) is 11.9 Å². The lowest BCUT2D eigenvalue weighted by atomic mass is 9.98. The summed E-state index contributed by atoms with van der Waals surface area (Å²) in [5, 5.41) is 3.07. The quantitative estimate of drug-likeness (QED) is 0.318. The molecule has 162 valence electrons. The summed E-state index contributed by atoms with van der Waals surface area (Å²) in [4.78, 5) is 23.5. The molecular weight excluding hydrogens is 374 g/mol. The van der Waals surface area contributed by atoms with Crippen LogP contribution in [0, 0.1) is 0 Å². The lowest BCUT2D eigenvalue weighted by Gasteiger charge is -2.12. The Morgan fingerprint density at radius 2 is 1.57 bits per heavy atom. The Kier molecular flexibility index (Phi) is 10.7. The van der Waals surface area contributed by atoms with Crippen LogP contribution in [0.1, 0.15) is 76.3 Å². The first-order valence-corrected chi connectivity index (χ1v) is 11.2. The number of rotatable bonds is 13. The highest BCUT2D eigenvalue weighted by atomic mass is 16.5. The van der Waals surface area contributed by atoms with Gasteiger partial charge in [0.25, 0.3) is 0 Å². The van der Waals surface area contributed by atoms with Gasteiger partial charge in [-0.3, -0.25) is 9.59 Å². The van der Waals surface area contributed by atoms with Crippen molar-refractivity contribution >= 4 is 11.9 Å². The van der Waals surface area contributed by atoms with Crippen molar-refractivity contribution in [1.29, 1.82) is 0 Å². The third-order valence-corrected chi connectivity index (χ3v) is 5.20. The lowest BCUT2D eigenvalue weighted by Crippen LogP contribution is -2.22. The number of carbonyl (C=O) groups is 2. The van der Waals surface area contributed by atoms with Gasteiger partial charge < -0.3 is 10.1 Å². The second kappa shape index (κ2) is 13.6. The maximum Gasteiger partial charge on any atom is 0.305 e. The zero-order valence-corrected chi connectivity index (χ0v) is 18.4. The number of hydrogen-bond acceptors (Lipinski definition) is 3. The van der Waals surface area contributed by atoms with Gasteiger partial charge in [-0.15, -0.1) is 0 Å². The number of esters is 1. The van der Waals surface area contributed by atoms with E-state index >= 15 is 0 Å². The Bertz CT molecular complexity index is 783. The van der Waals surface area contributed by atoms with Gasteiger partial charge in [0.1, 0.15) is 6.61 Å². The van der Waals surface area contributed by atoms with Crippen molar-refractivity contribution in [1.82, 2.24) is 5.32 Å². The molecule has 30 heavy (non-hydrogen) atoms. The van der Waals surface area contributed by atoms with Crippen molar-refractivity contribution in [2.75, 3.05) is 0 Å². The Morgan fingerprint density at radius 3 is 2.30 bits per heavy atom. The molecule has 0 unspecified atom stereocenters. The summed E-state index contributed by atoms with van der Waals surface area (Å²) in [6.07, 6.45) is 8.09. The van der Waals surface area contributed by atoms with Crippen LogP contribution in [0.4, 0.5) is 0 Å². The molecule has 2 aromatic rings. The minimum atomic E-state index is -0.193. The molecule has 2 rings (SSSR count). The molecule has 0 saturated carbocycles. The molecule has 1 N–H and O–H groups in total. The Morgan fingerprint density at radius 1 is 0.867 bits per heavy atom. The summed E-state index contributed by atoms with van der Waals surface area (Å²) in [6.45, 7) is 4.82. The monoisotopic (exact) mass is 409 g/mol. The Hall–Kier alpha value is -2.62. The highest BCUT2D eigenvalue weighted by Gasteiger charge is 2.08. The van der Waals surface area contributed by atoms with Crippen molar-refractivity contribution in [3.05, 3.63) is 59.7 Å². The first-order chi connectivity index (χ1) is 14.6. The maximum absolute atomic E-state index is 12.2. The number of benzene rings is 2. The number of unbranched alkanes of at least 4 members (excludes halogenated alkanes) is 5. The molecule has 0 aliphatic rings. The maximum atomic E-state index is 12.2. The minimum Gasteiger partial charge on any atom is -0.461 e. The van der Waals surface area contributed by atoms with Gasteiger partial charge in [0.15, 0.2) is 0 Å². The first kappa shape index (κ1) is 23.7. The van der Waals surface area contributed by atoms with Gasteiger partial charge in [0.2, 0.25) is 5.91 Å². The fourth-order valence-corrected chi connectivity index (χ4v) is 3.35. The molecule has 0 aliphatic heterocycles. The molecule has 0 spiro atoms. The highest BCUT2D eigenvalue weighted by molar-refractivity contribution is 5.76. The molecule has 0 radical (unpaired) electrons. The van der Waals surface area contributed by atoms with E-state index in [1.165, 1.54) is 25.7 Å². The van der Waals surface area contributed by atoms with Crippen molar-refractivity contribution in [3.63, 3.8) is 0 Å². The summed E-state index contributed by atoms with van der Waals surface area (Å²) >= 11 is 0. The summed E-state index contributed by atoms with van der Waals surface area (Å²) in [5.74, 6) is -0.0745. The topological polar surface area (TPSA) is 55.4 Å². The standard InChI is InChI=1S/C26H35NO3/c1-3-5-6-7-8-9-14-25(28)27-19-23-12-10-11-13-24(23)22-17-15-21(16-18-22)20-30-26(29)4-2/h10-13,15-18H,3-9,14,19-20H2,1-2H3,(H,27,28). The molecule has 0 heterocycles. The van der Waals surface area contributed by atoms with Gasteiger partial charge in [0.05, 0.1) is 0 Å². The van der Waals surface area contributed by atoms with Gasteiger partial charge in [-0.2, -0.15) is 0 Å². The van der Waals surface area contributed by atoms with E-state index in [0.29, 0.717) is 26.0 Å². The summed E-state index contributed by atoms with van der Waals surface area (Å²) in [7, 11) is 0. The van der Waals surface area contributed by atoms with E-state index < -0.39 is 0 Å². The van der Waals surface area contributed by atoms with E-state index in [1.807, 2.05) is 36.4 Å². The third-order valence-electron chi connectivity index (χ3n) is 5.20. The van der Waals surface area contributed by atoms with Gasteiger partial charge in [-0.1, -0.05) is 94.5 Å². The number of hydrogen-bond donors (Lipinski definition) is 1. The molecule has 1 amide bonds. The third kappa shape index (κ3) is 8.40. The molecule has 0 aromatic heterocycles. The first-order valence-electron chi connectivity index (χ1n) is 11.2. The molecule has 0 bridgehead atoms. The Labute approximate surface area is 181 Å². The van der Waals surface area contributed by atoms with E-state index in [1.54, 1.807) is 6.92 Å². The van der Waals surface area contributed by atoms with Crippen LogP contribution < -0.4 is 5.32 Å². The molecule has 4 nitrogen and oxygen atoms in total. The van der Waals surface area contributed by atoms with E-state index in [-0.39, 0.29) is 11.9 Å². The van der Waals surface area contributed by atoms with Crippen molar-refractivity contribution in [2.45, 2.75) is 78.4 Å². The lowest BCUT2D eigenvalue weighted by molar-refractivity contribution is -0.144. The smallest absolute Gasteiger partial charge is 0.305 e. The van der Waals surface area contributed by atoms with Gasteiger partial charge in [-0.05, 0) is 28.7 Å². The van der Waals surface area contributed by atoms with Crippen LogP contribution in [0.25, 0.3) is 11.1 Å². The van der Waals surface area contributed by atoms with E-state index in [9.17, 15) is 9.59 Å². The van der Waals surface area contributed by atoms with Gasteiger partial charge in [-0.25, -0.2) is 0 Å². The zero-order valence-electron chi connectivity index (χ0n) is 18.4. The van der Waals surface area contributed by atoms with Crippen LogP contribution in [0.5, 0.6) is 0 Å². The average molecular weight is 410 g/mol. The number of carbonyl (C=O) groups excluding carboxylic acids is 2. The molecule has 0 saturated heterocycles. The SMILES string of the molecule is CCCCCCCCC(=O)NCc1ccccc1-c1ccc(COC(=O)CC)cc1. The Balaban J connectivity index is 1.86. The summed E-state index contributed by atoms with van der Waals surface area (Å²) < 4.78 is 5.18. The second-order valence-electron chi connectivity index (χ2n) is 7.66. The number of nitrogens with one attached hydrogen (secondary N) is 1. The van der Waals surface area contributed by atoms with E-state index in [0.717, 1.165) is 35.1 Å². The van der Waals surface area contributed by atoms with Gasteiger partial charge in [0, 0.05) is 19.4 Å². The van der Waals surface area contributed by atoms with Crippen molar-refractivity contribution in [3.8, 4) is 11.1 Å². The predicted octanol–water partition coefficient (Wildman–Crippen LogP) is 6.17. The summed E-state index contributed by atoms with van der Waals surface area (Å²) in [5.41, 5.74) is 4.25. The van der Waals surface area contributed by atoms with Crippen LogP contribution in [-0.2, 0) is 27.5 Å². The molecule has 2 aromatic carbocycles. The zero-order chi connectivity index (χ0) is 21.6. The highest BCUT2D eigenvalue weighted by Crippen LogP contribution is 2.24. The number of ether oxygens (including phenoxy) is 1. The van der Waals surface area contributed by atoms with Gasteiger partial charge >= 0.3 is 5.97 Å². The largest absolute Gasteiger partial charge is 0.461 e. The van der Waals surface area contributed by atoms with Crippen molar-refractivity contribution in [2.24, 2.45) is 0 Å². The molecule has 0 fully saturated rings. The average Bonchev–Trinajstić information content (AvgIpc) is 2.79. The van der Waals surface area contributed by atoms with Crippen LogP contribution in [0.2, 0.25) is 0 Å². The molecule has 0 aliphatic carbocycles. The fourth-order valence-electron chi connectivity index (χ4n) is 3.35. The molecule has 4 heteroatoms. The van der Waals surface area contributed by atoms with Crippen LogP contribution in [0.15, 0.2) is 48.5 Å². The molecular formula is C26H35NO3. The summed E-state index contributed by atoms with van der Waals surface area (Å²) in [6, 6.07) is 16.2. The fraction of sp³-hybridized carbons (Fsp3) is 0.462. The van der Waals surface area contributed by atoms with E-state index in [4.69, 9.17) is 4.74 Å². The van der Waals surface area contributed by atoms with Crippen LogP contribution in [0.3, 0.4) is 0 Å². The minimum absolute atomic E-state index is 0.119. The van der Waals surface area contributed by atoms with Crippen molar-refractivity contribution < 1.29 is 14.3 Å². The number of amides is 1. The predicted molar refractivity (Wildman–Crippen MR) is 122 cm³/mol. The second-order valence-corrected chi connectivity index (χ2v) is 7.66. The van der Waals surface area contributed by atoms with E-state index in [2.05, 4.69) is 24.4 Å². The van der Waals surface area contributed by atoms with Crippen LogP contribution >= 0.6 is 0 Å².